The molecule has 0 spiro atoms. The van der Waals surface area contributed by atoms with Gasteiger partial charge in [0.25, 0.3) is 0 Å². The van der Waals surface area contributed by atoms with Crippen molar-refractivity contribution >= 4 is 21.7 Å². The van der Waals surface area contributed by atoms with Crippen molar-refractivity contribution in [2.75, 3.05) is 12.4 Å². The fourth-order valence-corrected chi connectivity index (χ4v) is 2.34. The molecule has 0 bridgehead atoms. The minimum absolute atomic E-state index is 0.369. The van der Waals surface area contributed by atoms with Crippen molar-refractivity contribution in [3.05, 3.63) is 40.1 Å². The Hall–Kier alpha value is -1.62. The first-order valence-corrected chi connectivity index (χ1v) is 7.29. The van der Waals surface area contributed by atoms with E-state index in [9.17, 15) is 0 Å². The van der Waals surface area contributed by atoms with Gasteiger partial charge in [-0.2, -0.15) is 0 Å². The molecule has 0 aliphatic carbocycles. The van der Waals surface area contributed by atoms with E-state index >= 15 is 0 Å². The molecular weight excluding hydrogens is 318 g/mol. The normalized spacial score (nSPS) is 10.7. The van der Waals surface area contributed by atoms with E-state index in [0.29, 0.717) is 11.8 Å². The molecule has 1 heterocycles. The lowest BCUT2D eigenvalue weighted by atomic mass is 10.0. The quantitative estimate of drug-likeness (QED) is 0.893. The fraction of sp³-hybridized carbons (Fsp3) is 0.333. The van der Waals surface area contributed by atoms with Gasteiger partial charge in [0.2, 0.25) is 5.88 Å². The molecule has 106 valence electrons. The number of hydrogen-bond acceptors (Lipinski definition) is 4. The summed E-state index contributed by atoms with van der Waals surface area (Å²) in [4.78, 5) is 8.38. The number of aromatic nitrogens is 2. The number of rotatable bonds is 4. The van der Waals surface area contributed by atoms with Crippen molar-refractivity contribution in [1.29, 1.82) is 0 Å². The summed E-state index contributed by atoms with van der Waals surface area (Å²) < 4.78 is 7.03. The Kier molecular flexibility index (Phi) is 4.60. The third-order valence-electron chi connectivity index (χ3n) is 3.08. The molecule has 1 aromatic heterocycles. The Labute approximate surface area is 127 Å². The first kappa shape index (κ1) is 14.8. The van der Waals surface area contributed by atoms with Crippen LogP contribution in [0, 0.1) is 6.92 Å². The Morgan fingerprint density at radius 2 is 2.00 bits per heavy atom. The highest BCUT2D eigenvalue weighted by molar-refractivity contribution is 9.10. The van der Waals surface area contributed by atoms with Crippen molar-refractivity contribution in [2.24, 2.45) is 0 Å². The zero-order valence-corrected chi connectivity index (χ0v) is 13.7. The van der Waals surface area contributed by atoms with Gasteiger partial charge in [-0.1, -0.05) is 29.8 Å². The molecule has 2 aromatic rings. The van der Waals surface area contributed by atoms with Crippen LogP contribution < -0.4 is 10.1 Å². The smallest absolute Gasteiger partial charge is 0.227 e. The average molecular weight is 336 g/mol. The molecule has 0 radical (unpaired) electrons. The summed E-state index contributed by atoms with van der Waals surface area (Å²) in [6.45, 7) is 6.22. The monoisotopic (exact) mass is 335 g/mol. The van der Waals surface area contributed by atoms with Crippen LogP contribution in [0.5, 0.6) is 11.6 Å². The highest BCUT2D eigenvalue weighted by Gasteiger charge is 2.13. The number of anilines is 1. The molecular formula is C15H18BrN3O. The van der Waals surface area contributed by atoms with E-state index in [2.05, 4.69) is 51.1 Å². The molecule has 0 fully saturated rings. The van der Waals surface area contributed by atoms with Gasteiger partial charge in [0, 0.05) is 11.5 Å². The van der Waals surface area contributed by atoms with E-state index < -0.39 is 0 Å². The van der Waals surface area contributed by atoms with Crippen LogP contribution in [0.25, 0.3) is 0 Å². The lowest BCUT2D eigenvalue weighted by Gasteiger charge is -2.15. The van der Waals surface area contributed by atoms with Gasteiger partial charge in [0.15, 0.2) is 0 Å². The molecule has 1 aromatic carbocycles. The van der Waals surface area contributed by atoms with Gasteiger partial charge >= 0.3 is 0 Å². The molecule has 0 saturated carbocycles. The van der Waals surface area contributed by atoms with Gasteiger partial charge in [-0.25, -0.2) is 9.97 Å². The summed E-state index contributed by atoms with van der Waals surface area (Å²) in [6.07, 6.45) is 1.50. The van der Waals surface area contributed by atoms with Gasteiger partial charge < -0.3 is 10.1 Å². The van der Waals surface area contributed by atoms with E-state index in [-0.39, 0.29) is 0 Å². The Morgan fingerprint density at radius 1 is 1.25 bits per heavy atom. The van der Waals surface area contributed by atoms with Gasteiger partial charge in [-0.15, -0.1) is 0 Å². The molecule has 0 aliphatic heterocycles. The molecule has 1 N–H and O–H groups in total. The lowest BCUT2D eigenvalue weighted by Crippen LogP contribution is -2.01. The van der Waals surface area contributed by atoms with Crippen LogP contribution in [-0.2, 0) is 0 Å². The number of ether oxygens (including phenoxy) is 1. The fourth-order valence-electron chi connectivity index (χ4n) is 1.96. The summed E-state index contributed by atoms with van der Waals surface area (Å²) in [5, 5.41) is 3.03. The number of nitrogens with zero attached hydrogens (tertiary/aromatic N) is 2. The first-order valence-electron chi connectivity index (χ1n) is 6.49. The molecule has 4 nitrogen and oxygen atoms in total. The van der Waals surface area contributed by atoms with Gasteiger partial charge in [0.1, 0.15) is 17.9 Å². The van der Waals surface area contributed by atoms with E-state index in [4.69, 9.17) is 4.74 Å². The predicted octanol–water partition coefficient (Wildman–Crippen LogP) is 4.50. The summed E-state index contributed by atoms with van der Waals surface area (Å²) >= 11 is 3.50. The lowest BCUT2D eigenvalue weighted by molar-refractivity contribution is 0.449. The third-order valence-corrected chi connectivity index (χ3v) is 3.57. The van der Waals surface area contributed by atoms with E-state index in [1.165, 1.54) is 6.33 Å². The highest BCUT2D eigenvalue weighted by atomic mass is 79.9. The van der Waals surface area contributed by atoms with Crippen LogP contribution in [0.3, 0.4) is 0 Å². The van der Waals surface area contributed by atoms with Crippen LogP contribution in [0.4, 0.5) is 5.82 Å². The van der Waals surface area contributed by atoms with Crippen LogP contribution in [0.15, 0.2) is 29.0 Å². The zero-order chi connectivity index (χ0) is 14.7. The Bertz CT molecular complexity index is 614. The minimum Gasteiger partial charge on any atom is -0.438 e. The second-order valence-corrected chi connectivity index (χ2v) is 5.76. The Morgan fingerprint density at radius 3 is 2.65 bits per heavy atom. The van der Waals surface area contributed by atoms with Crippen molar-refractivity contribution in [3.63, 3.8) is 0 Å². The van der Waals surface area contributed by atoms with Crippen LogP contribution >= 0.6 is 15.9 Å². The van der Waals surface area contributed by atoms with Crippen molar-refractivity contribution < 1.29 is 4.74 Å². The largest absolute Gasteiger partial charge is 0.438 e. The van der Waals surface area contributed by atoms with Gasteiger partial charge in [-0.3, -0.25) is 0 Å². The van der Waals surface area contributed by atoms with Crippen LogP contribution in [0.1, 0.15) is 30.9 Å². The van der Waals surface area contributed by atoms with Crippen molar-refractivity contribution in [1.82, 2.24) is 9.97 Å². The number of benzene rings is 1. The molecule has 5 heteroatoms. The number of hydrogen-bond donors (Lipinski definition) is 1. The summed E-state index contributed by atoms with van der Waals surface area (Å²) in [5.41, 5.74) is 2.04. The van der Waals surface area contributed by atoms with Crippen LogP contribution in [-0.4, -0.2) is 17.0 Å². The topological polar surface area (TPSA) is 47.0 Å². The molecule has 0 atom stereocenters. The van der Waals surface area contributed by atoms with Gasteiger partial charge in [0.05, 0.1) is 5.56 Å². The predicted molar refractivity (Wildman–Crippen MR) is 84.6 cm³/mol. The second-order valence-electron chi connectivity index (χ2n) is 4.84. The minimum atomic E-state index is 0.369. The average Bonchev–Trinajstić information content (AvgIpc) is 2.42. The van der Waals surface area contributed by atoms with Crippen molar-refractivity contribution in [2.45, 2.75) is 26.7 Å². The zero-order valence-electron chi connectivity index (χ0n) is 12.1. The Balaban J connectivity index is 2.40. The molecule has 2 rings (SSSR count). The second kappa shape index (κ2) is 6.22. The maximum atomic E-state index is 5.99. The van der Waals surface area contributed by atoms with Crippen molar-refractivity contribution in [3.8, 4) is 11.6 Å². The maximum absolute atomic E-state index is 5.99. The standard InChI is InChI=1S/C15H18BrN3O/c1-9(2)12-7-11(16)5-6-13(12)20-15-10(3)14(17-4)18-8-19-15/h5-9H,1-4H3,(H,17,18,19). The van der Waals surface area contributed by atoms with E-state index in [0.717, 1.165) is 27.2 Å². The van der Waals surface area contributed by atoms with Crippen LogP contribution in [0.2, 0.25) is 0 Å². The molecule has 0 aliphatic rings. The van der Waals surface area contributed by atoms with E-state index in [1.54, 1.807) is 0 Å². The van der Waals surface area contributed by atoms with E-state index in [1.807, 2.05) is 26.1 Å². The van der Waals surface area contributed by atoms with Gasteiger partial charge in [-0.05, 0) is 36.6 Å². The molecule has 0 amide bonds. The molecule has 0 saturated heterocycles. The highest BCUT2D eigenvalue weighted by Crippen LogP contribution is 2.33. The summed E-state index contributed by atoms with van der Waals surface area (Å²) in [5.74, 6) is 2.55. The molecule has 0 unspecified atom stereocenters. The third kappa shape index (κ3) is 3.10. The summed E-state index contributed by atoms with van der Waals surface area (Å²) in [6, 6.07) is 6.01. The summed E-state index contributed by atoms with van der Waals surface area (Å²) in [7, 11) is 1.83. The number of nitrogens with one attached hydrogen (secondary N) is 1. The maximum Gasteiger partial charge on any atom is 0.227 e. The number of halogens is 1. The molecule has 20 heavy (non-hydrogen) atoms. The SMILES string of the molecule is CNc1ncnc(Oc2ccc(Br)cc2C(C)C)c1C. The first-order chi connectivity index (χ1) is 9.52.